The van der Waals surface area contributed by atoms with E-state index in [1.54, 1.807) is 4.57 Å². The number of anilines is 1. The van der Waals surface area contributed by atoms with E-state index in [1.165, 1.54) is 0 Å². The molecular formula is C10H9BrN4O2S. The number of nitrogens with zero attached hydrogens (tertiary/aromatic N) is 3. The smallest absolute Gasteiger partial charge is 0.313 e. The van der Waals surface area contributed by atoms with Gasteiger partial charge in [-0.25, -0.2) is 0 Å². The number of rotatable bonds is 4. The largest absolute Gasteiger partial charge is 0.481 e. The maximum absolute atomic E-state index is 10.6. The van der Waals surface area contributed by atoms with Crippen LogP contribution < -0.4 is 5.73 Å². The van der Waals surface area contributed by atoms with Gasteiger partial charge < -0.3 is 10.8 Å². The predicted octanol–water partition coefficient (Wildman–Crippen LogP) is 1.79. The number of nitrogen functional groups attached to an aromatic ring is 1. The van der Waals surface area contributed by atoms with Gasteiger partial charge >= 0.3 is 5.97 Å². The molecule has 3 N–H and O–H groups in total. The highest BCUT2D eigenvalue weighted by molar-refractivity contribution is 9.10. The molecule has 2 rings (SSSR count). The summed E-state index contributed by atoms with van der Waals surface area (Å²) in [7, 11) is 0. The van der Waals surface area contributed by atoms with E-state index < -0.39 is 5.97 Å². The van der Waals surface area contributed by atoms with Crippen LogP contribution in [0.4, 0.5) is 5.95 Å². The second-order valence-corrected chi connectivity index (χ2v) is 5.20. The summed E-state index contributed by atoms with van der Waals surface area (Å²) in [6.45, 7) is 0. The van der Waals surface area contributed by atoms with Crippen molar-refractivity contribution >= 4 is 39.6 Å². The molecule has 0 aliphatic carbocycles. The molecule has 1 heterocycles. The Morgan fingerprint density at radius 3 is 2.94 bits per heavy atom. The first kappa shape index (κ1) is 12.9. The van der Waals surface area contributed by atoms with Gasteiger partial charge in [-0.15, -0.1) is 10.2 Å². The molecule has 0 saturated carbocycles. The Labute approximate surface area is 115 Å². The van der Waals surface area contributed by atoms with Crippen LogP contribution in [0.25, 0.3) is 5.69 Å². The van der Waals surface area contributed by atoms with Gasteiger partial charge in [0.1, 0.15) is 0 Å². The van der Waals surface area contributed by atoms with Crippen LogP contribution in [0.2, 0.25) is 0 Å². The van der Waals surface area contributed by atoms with Crippen molar-refractivity contribution < 1.29 is 9.90 Å². The first-order chi connectivity index (χ1) is 8.58. The van der Waals surface area contributed by atoms with Gasteiger partial charge in [-0.3, -0.25) is 9.36 Å². The zero-order valence-electron chi connectivity index (χ0n) is 9.08. The van der Waals surface area contributed by atoms with E-state index in [4.69, 9.17) is 10.8 Å². The van der Waals surface area contributed by atoms with Crippen molar-refractivity contribution in [3.05, 3.63) is 28.7 Å². The number of nitrogens with two attached hydrogens (primary N) is 1. The number of hydrogen-bond donors (Lipinski definition) is 2. The first-order valence-electron chi connectivity index (χ1n) is 4.89. The summed E-state index contributed by atoms with van der Waals surface area (Å²) in [4.78, 5) is 10.6. The van der Waals surface area contributed by atoms with Gasteiger partial charge in [-0.1, -0.05) is 33.8 Å². The molecule has 1 aromatic carbocycles. The third-order valence-electron chi connectivity index (χ3n) is 2.05. The number of benzene rings is 1. The summed E-state index contributed by atoms with van der Waals surface area (Å²) in [6, 6.07) is 7.43. The summed E-state index contributed by atoms with van der Waals surface area (Å²) < 4.78 is 2.50. The van der Waals surface area contributed by atoms with Crippen LogP contribution in [0.15, 0.2) is 33.9 Å². The van der Waals surface area contributed by atoms with Gasteiger partial charge in [0.25, 0.3) is 0 Å². The average Bonchev–Trinajstić information content (AvgIpc) is 2.68. The molecule has 0 radical (unpaired) electrons. The molecule has 1 aromatic heterocycles. The predicted molar refractivity (Wildman–Crippen MR) is 71.8 cm³/mol. The lowest BCUT2D eigenvalue weighted by atomic mass is 10.3. The molecule has 0 fully saturated rings. The molecule has 6 nitrogen and oxygen atoms in total. The van der Waals surface area contributed by atoms with Crippen molar-refractivity contribution in [3.63, 3.8) is 0 Å². The minimum absolute atomic E-state index is 0.0911. The van der Waals surface area contributed by atoms with Crippen LogP contribution in [0.3, 0.4) is 0 Å². The Hall–Kier alpha value is -1.54. The van der Waals surface area contributed by atoms with Gasteiger partial charge in [0.05, 0.1) is 11.4 Å². The van der Waals surface area contributed by atoms with E-state index >= 15 is 0 Å². The van der Waals surface area contributed by atoms with Gasteiger partial charge in [-0.05, 0) is 18.2 Å². The second kappa shape index (κ2) is 5.40. The monoisotopic (exact) mass is 328 g/mol. The van der Waals surface area contributed by atoms with Crippen LogP contribution in [0.5, 0.6) is 0 Å². The average molecular weight is 329 g/mol. The second-order valence-electron chi connectivity index (χ2n) is 3.34. The molecule has 8 heteroatoms. The van der Waals surface area contributed by atoms with Crippen LogP contribution in [0, 0.1) is 0 Å². The molecule has 0 bridgehead atoms. The molecule has 0 saturated heterocycles. The summed E-state index contributed by atoms with van der Waals surface area (Å²) in [5, 5.41) is 16.8. The van der Waals surface area contributed by atoms with E-state index in [0.717, 1.165) is 21.9 Å². The number of hydrogen-bond acceptors (Lipinski definition) is 5. The van der Waals surface area contributed by atoms with E-state index in [-0.39, 0.29) is 11.7 Å². The third kappa shape index (κ3) is 2.82. The Morgan fingerprint density at radius 2 is 2.28 bits per heavy atom. The highest BCUT2D eigenvalue weighted by Gasteiger charge is 2.13. The lowest BCUT2D eigenvalue weighted by molar-refractivity contribution is -0.133. The van der Waals surface area contributed by atoms with Gasteiger partial charge in [0, 0.05) is 4.47 Å². The van der Waals surface area contributed by atoms with Crippen molar-refractivity contribution in [2.45, 2.75) is 5.16 Å². The lowest BCUT2D eigenvalue weighted by Gasteiger charge is -2.07. The van der Waals surface area contributed by atoms with E-state index in [1.807, 2.05) is 24.3 Å². The maximum Gasteiger partial charge on any atom is 0.313 e. The molecule has 0 amide bonds. The normalized spacial score (nSPS) is 10.5. The van der Waals surface area contributed by atoms with Gasteiger partial charge in [0.15, 0.2) is 5.16 Å². The highest BCUT2D eigenvalue weighted by Crippen LogP contribution is 2.24. The molecule has 18 heavy (non-hydrogen) atoms. The highest BCUT2D eigenvalue weighted by atomic mass is 79.9. The van der Waals surface area contributed by atoms with Crippen LogP contribution >= 0.6 is 27.7 Å². The molecule has 0 aliphatic rings. The minimum Gasteiger partial charge on any atom is -0.481 e. The number of aromatic nitrogens is 3. The Balaban J connectivity index is 2.37. The van der Waals surface area contributed by atoms with Crippen molar-refractivity contribution in [3.8, 4) is 5.69 Å². The summed E-state index contributed by atoms with van der Waals surface area (Å²) in [5.74, 6) is -0.782. The molecule has 2 aromatic rings. The number of thioether (sulfide) groups is 1. The molecule has 0 spiro atoms. The third-order valence-corrected chi connectivity index (χ3v) is 3.46. The van der Waals surface area contributed by atoms with Crippen LogP contribution in [-0.4, -0.2) is 31.6 Å². The van der Waals surface area contributed by atoms with Crippen LogP contribution in [-0.2, 0) is 4.79 Å². The quantitative estimate of drug-likeness (QED) is 0.831. The number of halogens is 1. The van der Waals surface area contributed by atoms with Crippen LogP contribution in [0.1, 0.15) is 0 Å². The lowest BCUT2D eigenvalue weighted by Crippen LogP contribution is -2.04. The molecule has 0 aliphatic heterocycles. The number of aliphatic carboxylic acids is 1. The fourth-order valence-corrected chi connectivity index (χ4v) is 2.43. The summed E-state index contributed by atoms with van der Waals surface area (Å²) in [6.07, 6.45) is 0. The van der Waals surface area contributed by atoms with Crippen molar-refractivity contribution in [1.29, 1.82) is 0 Å². The SMILES string of the molecule is Nc1nnc(SCC(=O)O)n1-c1cccc(Br)c1. The minimum atomic E-state index is -0.914. The fraction of sp³-hybridized carbons (Fsp3) is 0.100. The molecule has 0 unspecified atom stereocenters. The number of carboxylic acid groups (broad SMARTS) is 1. The van der Waals surface area contributed by atoms with E-state index in [0.29, 0.717) is 5.16 Å². The molecule has 94 valence electrons. The maximum atomic E-state index is 10.6. The fourth-order valence-electron chi connectivity index (χ4n) is 1.36. The van der Waals surface area contributed by atoms with Gasteiger partial charge in [0.2, 0.25) is 5.95 Å². The summed E-state index contributed by atoms with van der Waals surface area (Å²) in [5.41, 5.74) is 6.52. The topological polar surface area (TPSA) is 94.0 Å². The van der Waals surface area contributed by atoms with Crippen molar-refractivity contribution in [1.82, 2.24) is 14.8 Å². The standard InChI is InChI=1S/C10H9BrN4O2S/c11-6-2-1-3-7(4-6)15-9(12)13-14-10(15)18-5-8(16)17/h1-4H,5H2,(H2,12,13)(H,16,17). The van der Waals surface area contributed by atoms with E-state index in [2.05, 4.69) is 26.1 Å². The molecular weight excluding hydrogens is 320 g/mol. The van der Waals surface area contributed by atoms with Gasteiger partial charge in [-0.2, -0.15) is 0 Å². The Kier molecular flexibility index (Phi) is 3.87. The van der Waals surface area contributed by atoms with Crippen molar-refractivity contribution in [2.75, 3.05) is 11.5 Å². The number of carbonyl (C=O) groups is 1. The zero-order valence-corrected chi connectivity index (χ0v) is 11.5. The molecule has 0 atom stereocenters. The zero-order chi connectivity index (χ0) is 13.1. The summed E-state index contributed by atoms with van der Waals surface area (Å²) >= 11 is 4.43. The first-order valence-corrected chi connectivity index (χ1v) is 6.67. The number of carboxylic acids is 1. The Morgan fingerprint density at radius 1 is 1.50 bits per heavy atom. The van der Waals surface area contributed by atoms with E-state index in [9.17, 15) is 4.79 Å². The van der Waals surface area contributed by atoms with Crippen molar-refractivity contribution in [2.24, 2.45) is 0 Å². The Bertz CT molecular complexity index is 587.